The summed E-state index contributed by atoms with van der Waals surface area (Å²) in [5.41, 5.74) is 0.470. The van der Waals surface area contributed by atoms with Crippen LogP contribution in [0.5, 0.6) is 0 Å². The Morgan fingerprint density at radius 3 is 2.36 bits per heavy atom. The summed E-state index contributed by atoms with van der Waals surface area (Å²) in [6.45, 7) is 2.24. The predicted molar refractivity (Wildman–Crippen MR) is 82.7 cm³/mol. The molecule has 0 atom stereocenters. The van der Waals surface area contributed by atoms with Gasteiger partial charge in [0, 0.05) is 37.1 Å². The van der Waals surface area contributed by atoms with E-state index < -0.39 is 5.97 Å². The van der Waals surface area contributed by atoms with E-state index >= 15 is 0 Å². The molecule has 7 heteroatoms. The van der Waals surface area contributed by atoms with Crippen molar-refractivity contribution in [3.8, 4) is 0 Å². The average Bonchev–Trinajstić information content (AvgIpc) is 2.50. The summed E-state index contributed by atoms with van der Waals surface area (Å²) in [5.74, 6) is -0.800. The van der Waals surface area contributed by atoms with Gasteiger partial charge in [-0.2, -0.15) is 0 Å². The molecule has 22 heavy (non-hydrogen) atoms. The maximum atomic E-state index is 12.5. The van der Waals surface area contributed by atoms with Gasteiger partial charge in [-0.3, -0.25) is 14.4 Å². The van der Waals surface area contributed by atoms with Gasteiger partial charge in [-0.05, 0) is 24.3 Å². The SMILES string of the molecule is COC(=O)CCN(CCNC(C)=O)C(=O)c1ccc(Cl)cc1. The second kappa shape index (κ2) is 9.04. The van der Waals surface area contributed by atoms with Gasteiger partial charge in [-0.15, -0.1) is 0 Å². The van der Waals surface area contributed by atoms with E-state index in [2.05, 4.69) is 10.1 Å². The lowest BCUT2D eigenvalue weighted by molar-refractivity contribution is -0.140. The fraction of sp³-hybridized carbons (Fsp3) is 0.400. The molecule has 0 saturated heterocycles. The summed E-state index contributed by atoms with van der Waals surface area (Å²) in [4.78, 5) is 36.1. The number of esters is 1. The molecule has 6 nitrogen and oxygen atoms in total. The van der Waals surface area contributed by atoms with Crippen molar-refractivity contribution < 1.29 is 19.1 Å². The third-order valence-corrected chi connectivity index (χ3v) is 3.20. The molecule has 1 N–H and O–H groups in total. The fourth-order valence-electron chi connectivity index (χ4n) is 1.79. The number of halogens is 1. The maximum absolute atomic E-state index is 12.5. The Bertz CT molecular complexity index is 531. The quantitative estimate of drug-likeness (QED) is 0.770. The third-order valence-electron chi connectivity index (χ3n) is 2.95. The molecule has 1 aromatic carbocycles. The highest BCUT2D eigenvalue weighted by Gasteiger charge is 2.17. The minimum atomic E-state index is -0.395. The fourth-order valence-corrected chi connectivity index (χ4v) is 1.91. The molecule has 0 heterocycles. The first kappa shape index (κ1) is 18.0. The first-order valence-corrected chi connectivity index (χ1v) is 7.18. The van der Waals surface area contributed by atoms with Crippen LogP contribution in [0, 0.1) is 0 Å². The van der Waals surface area contributed by atoms with Gasteiger partial charge >= 0.3 is 5.97 Å². The highest BCUT2D eigenvalue weighted by atomic mass is 35.5. The van der Waals surface area contributed by atoms with Gasteiger partial charge in [-0.25, -0.2) is 0 Å². The first-order valence-electron chi connectivity index (χ1n) is 6.80. The van der Waals surface area contributed by atoms with Crippen molar-refractivity contribution in [2.24, 2.45) is 0 Å². The minimum absolute atomic E-state index is 0.0932. The number of nitrogens with zero attached hydrogens (tertiary/aromatic N) is 1. The van der Waals surface area contributed by atoms with Crippen molar-refractivity contribution in [1.29, 1.82) is 0 Å². The number of benzene rings is 1. The van der Waals surface area contributed by atoms with Crippen LogP contribution < -0.4 is 5.32 Å². The lowest BCUT2D eigenvalue weighted by Crippen LogP contribution is -2.39. The Kier molecular flexibility index (Phi) is 7.39. The number of ether oxygens (including phenoxy) is 1. The molecule has 0 aliphatic heterocycles. The van der Waals surface area contributed by atoms with Crippen molar-refractivity contribution in [2.45, 2.75) is 13.3 Å². The summed E-state index contributed by atoms with van der Waals surface area (Å²) in [6.07, 6.45) is 0.0932. The number of hydrogen-bond donors (Lipinski definition) is 1. The van der Waals surface area contributed by atoms with Gasteiger partial charge in [0.2, 0.25) is 5.91 Å². The second-order valence-electron chi connectivity index (χ2n) is 4.61. The van der Waals surface area contributed by atoms with Gasteiger partial charge in [0.25, 0.3) is 5.91 Å². The average molecular weight is 327 g/mol. The van der Waals surface area contributed by atoms with E-state index in [9.17, 15) is 14.4 Å². The van der Waals surface area contributed by atoms with Gasteiger partial charge in [0.05, 0.1) is 13.5 Å². The van der Waals surface area contributed by atoms with Gasteiger partial charge < -0.3 is 15.0 Å². The zero-order valence-corrected chi connectivity index (χ0v) is 13.4. The molecule has 0 unspecified atom stereocenters. The van der Waals surface area contributed by atoms with Crippen LogP contribution in [0.15, 0.2) is 24.3 Å². The van der Waals surface area contributed by atoms with E-state index in [4.69, 9.17) is 11.6 Å². The van der Waals surface area contributed by atoms with Gasteiger partial charge in [-0.1, -0.05) is 11.6 Å². The Morgan fingerprint density at radius 2 is 1.82 bits per heavy atom. The van der Waals surface area contributed by atoms with Crippen LogP contribution in [0.2, 0.25) is 5.02 Å². The molecular formula is C15H19ClN2O4. The van der Waals surface area contributed by atoms with E-state index in [1.54, 1.807) is 24.3 Å². The number of hydrogen-bond acceptors (Lipinski definition) is 4. The van der Waals surface area contributed by atoms with E-state index in [-0.39, 0.29) is 24.8 Å². The van der Waals surface area contributed by atoms with E-state index in [1.165, 1.54) is 18.9 Å². The van der Waals surface area contributed by atoms with E-state index in [0.29, 0.717) is 23.7 Å². The Morgan fingerprint density at radius 1 is 1.18 bits per heavy atom. The summed E-state index contributed by atoms with van der Waals surface area (Å²) in [7, 11) is 1.30. The number of nitrogens with one attached hydrogen (secondary N) is 1. The molecule has 0 aromatic heterocycles. The highest BCUT2D eigenvalue weighted by Crippen LogP contribution is 2.12. The van der Waals surface area contributed by atoms with Crippen molar-refractivity contribution in [3.05, 3.63) is 34.9 Å². The molecule has 0 bridgehead atoms. The number of amides is 2. The van der Waals surface area contributed by atoms with Crippen molar-refractivity contribution in [2.75, 3.05) is 26.7 Å². The van der Waals surface area contributed by atoms with E-state index in [0.717, 1.165) is 0 Å². The molecule has 0 aliphatic carbocycles. The van der Waals surface area contributed by atoms with Crippen molar-refractivity contribution >= 4 is 29.4 Å². The molecule has 1 aromatic rings. The summed E-state index contributed by atoms with van der Waals surface area (Å²) in [5, 5.41) is 3.16. The second-order valence-corrected chi connectivity index (χ2v) is 5.04. The molecule has 0 aliphatic rings. The Balaban J connectivity index is 2.73. The molecular weight excluding hydrogens is 308 g/mol. The monoisotopic (exact) mass is 326 g/mol. The molecule has 0 radical (unpaired) electrons. The minimum Gasteiger partial charge on any atom is -0.469 e. The number of carbonyl (C=O) groups is 3. The zero-order chi connectivity index (χ0) is 16.5. The highest BCUT2D eigenvalue weighted by molar-refractivity contribution is 6.30. The first-order chi connectivity index (χ1) is 10.4. The normalized spacial score (nSPS) is 9.95. The molecule has 120 valence electrons. The molecule has 0 spiro atoms. The number of carbonyl (C=O) groups excluding carboxylic acids is 3. The van der Waals surface area contributed by atoms with Crippen LogP contribution in [0.25, 0.3) is 0 Å². The predicted octanol–water partition coefficient (Wildman–Crippen LogP) is 1.48. The number of methoxy groups -OCH3 is 1. The van der Waals surface area contributed by atoms with Gasteiger partial charge in [0.15, 0.2) is 0 Å². The maximum Gasteiger partial charge on any atom is 0.307 e. The molecule has 1 rings (SSSR count). The summed E-state index contributed by atoms with van der Waals surface area (Å²) < 4.78 is 4.58. The van der Waals surface area contributed by atoms with Crippen molar-refractivity contribution in [1.82, 2.24) is 10.2 Å². The van der Waals surface area contributed by atoms with Crippen LogP contribution in [-0.2, 0) is 14.3 Å². The largest absolute Gasteiger partial charge is 0.469 e. The lowest BCUT2D eigenvalue weighted by Gasteiger charge is -2.22. The third kappa shape index (κ3) is 6.13. The molecule has 0 fully saturated rings. The molecule has 0 saturated carbocycles. The van der Waals surface area contributed by atoms with Crippen LogP contribution in [-0.4, -0.2) is 49.4 Å². The zero-order valence-electron chi connectivity index (χ0n) is 12.6. The van der Waals surface area contributed by atoms with Crippen LogP contribution >= 0.6 is 11.6 Å². The Labute approximate surface area is 134 Å². The van der Waals surface area contributed by atoms with Gasteiger partial charge in [0.1, 0.15) is 0 Å². The number of rotatable bonds is 7. The summed E-state index contributed by atoms with van der Waals surface area (Å²) in [6, 6.07) is 6.49. The lowest BCUT2D eigenvalue weighted by atomic mass is 10.2. The smallest absolute Gasteiger partial charge is 0.307 e. The molecule has 2 amide bonds. The standard InChI is InChI=1S/C15H19ClN2O4/c1-11(19)17-8-10-18(9-7-14(20)22-2)15(21)12-3-5-13(16)6-4-12/h3-6H,7-10H2,1-2H3,(H,17,19). The topological polar surface area (TPSA) is 75.7 Å². The Hall–Kier alpha value is -2.08. The van der Waals surface area contributed by atoms with Crippen LogP contribution in [0.1, 0.15) is 23.7 Å². The summed E-state index contributed by atoms with van der Waals surface area (Å²) >= 11 is 5.80. The van der Waals surface area contributed by atoms with E-state index in [1.807, 2.05) is 0 Å². The van der Waals surface area contributed by atoms with Crippen LogP contribution in [0.3, 0.4) is 0 Å². The van der Waals surface area contributed by atoms with Crippen molar-refractivity contribution in [3.63, 3.8) is 0 Å². The van der Waals surface area contributed by atoms with Crippen LogP contribution in [0.4, 0.5) is 0 Å².